The van der Waals surface area contributed by atoms with Crippen LogP contribution in [0.25, 0.3) is 85.4 Å². The number of nitrogens with zero attached hydrogens (tertiary/aromatic N) is 2. The molecule has 5 aromatic carbocycles. The molecule has 4 heterocycles. The summed E-state index contributed by atoms with van der Waals surface area (Å²) in [7, 11) is 0. The molecule has 230 valence electrons. The maximum absolute atomic E-state index is 11.7. The van der Waals surface area contributed by atoms with Crippen molar-refractivity contribution in [1.29, 1.82) is 0 Å². The zero-order valence-corrected chi connectivity index (χ0v) is 27.8. The van der Waals surface area contributed by atoms with Crippen molar-refractivity contribution in [3.63, 3.8) is 0 Å². The summed E-state index contributed by atoms with van der Waals surface area (Å²) in [5.41, 5.74) is 7.89. The highest BCUT2D eigenvalue weighted by atomic mass is 32.1. The number of hydrogen-bond acceptors (Lipinski definition) is 6. The number of thiophene rings is 2. The van der Waals surface area contributed by atoms with Gasteiger partial charge in [-0.25, -0.2) is 9.97 Å². The Labute approximate surface area is 284 Å². The van der Waals surface area contributed by atoms with Gasteiger partial charge >= 0.3 is 0 Å². The lowest BCUT2D eigenvalue weighted by molar-refractivity contribution is 0.478. The first-order valence-corrected chi connectivity index (χ1v) is 17.4. The second-order valence-corrected chi connectivity index (χ2v) is 14.5. The van der Waals surface area contributed by atoms with E-state index in [9.17, 15) is 10.2 Å². The Balaban J connectivity index is 1.19. The predicted molar refractivity (Wildman–Crippen MR) is 202 cm³/mol. The molecule has 9 aromatic rings. The molecule has 9 rings (SSSR count). The van der Waals surface area contributed by atoms with Crippen LogP contribution in [-0.4, -0.2) is 20.2 Å². The fourth-order valence-electron chi connectivity index (χ4n) is 6.62. The molecule has 4 nitrogen and oxygen atoms in total. The molecule has 0 radical (unpaired) electrons. The average molecular weight is 657 g/mol. The first kappa shape index (κ1) is 28.6. The maximum Gasteiger partial charge on any atom is 0.133 e. The van der Waals surface area contributed by atoms with Crippen molar-refractivity contribution in [1.82, 2.24) is 9.97 Å². The van der Waals surface area contributed by atoms with E-state index in [-0.39, 0.29) is 11.5 Å². The molecule has 0 spiro atoms. The molecule has 0 unspecified atom stereocenters. The minimum absolute atomic E-state index is 0.214. The van der Waals surface area contributed by atoms with Crippen molar-refractivity contribution in [2.75, 3.05) is 0 Å². The number of fused-ring (bicyclic) bond motifs is 5. The van der Waals surface area contributed by atoms with Crippen LogP contribution in [0.1, 0.15) is 11.1 Å². The summed E-state index contributed by atoms with van der Waals surface area (Å²) in [5, 5.41) is 27.6. The van der Waals surface area contributed by atoms with Crippen molar-refractivity contribution >= 4 is 64.7 Å². The summed E-state index contributed by atoms with van der Waals surface area (Å²) in [6, 6.07) is 41.0. The highest BCUT2D eigenvalue weighted by molar-refractivity contribution is 7.22. The molecule has 4 aromatic heterocycles. The number of hydrogen-bond donors (Lipinski definition) is 2. The van der Waals surface area contributed by atoms with Crippen LogP contribution in [0.2, 0.25) is 0 Å². The van der Waals surface area contributed by atoms with Crippen LogP contribution in [0.3, 0.4) is 0 Å². The van der Waals surface area contributed by atoms with Crippen LogP contribution in [0.15, 0.2) is 121 Å². The van der Waals surface area contributed by atoms with Crippen LogP contribution >= 0.6 is 22.7 Å². The van der Waals surface area contributed by atoms with Gasteiger partial charge in [-0.1, -0.05) is 60.7 Å². The molecular formula is C42H28N2O2S2. The third-order valence-corrected chi connectivity index (χ3v) is 11.3. The zero-order chi connectivity index (χ0) is 32.5. The number of rotatable bonds is 4. The highest BCUT2D eigenvalue weighted by Gasteiger charge is 2.19. The molecule has 0 saturated carbocycles. The summed E-state index contributed by atoms with van der Waals surface area (Å²) in [5.74, 6) is 0.428. The van der Waals surface area contributed by atoms with Gasteiger partial charge in [0, 0.05) is 52.2 Å². The smallest absolute Gasteiger partial charge is 0.133 e. The minimum atomic E-state index is 0.214. The SMILES string of the molecule is Cc1cc(-c2ccc3ccc4ccc(-c5cc(C)cc(-c6cc7ccccc7s6)c5O)nc4c3n2)c(O)c(-c2cc3ccccc3s2)c1. The molecule has 0 saturated heterocycles. The molecule has 0 bridgehead atoms. The van der Waals surface area contributed by atoms with Gasteiger partial charge in [-0.05, 0) is 96.4 Å². The molecule has 0 fully saturated rings. The average Bonchev–Trinajstić information content (AvgIpc) is 3.74. The van der Waals surface area contributed by atoms with E-state index in [0.717, 1.165) is 64.6 Å². The quantitative estimate of drug-likeness (QED) is 0.185. The lowest BCUT2D eigenvalue weighted by Gasteiger charge is -2.13. The van der Waals surface area contributed by atoms with E-state index in [1.165, 1.54) is 9.40 Å². The summed E-state index contributed by atoms with van der Waals surface area (Å²) < 4.78 is 2.37. The molecule has 0 aliphatic heterocycles. The van der Waals surface area contributed by atoms with Crippen molar-refractivity contribution < 1.29 is 10.2 Å². The number of aromatic hydroxyl groups is 2. The van der Waals surface area contributed by atoms with E-state index in [1.807, 2.05) is 86.6 Å². The Bertz CT molecular complexity index is 2490. The molecule has 0 aliphatic carbocycles. The van der Waals surface area contributed by atoms with E-state index in [2.05, 4.69) is 48.5 Å². The molecule has 0 atom stereocenters. The summed E-state index contributed by atoms with van der Waals surface area (Å²) in [6.07, 6.45) is 0. The topological polar surface area (TPSA) is 66.2 Å². The van der Waals surface area contributed by atoms with Crippen LogP contribution in [0, 0.1) is 13.8 Å². The van der Waals surface area contributed by atoms with Gasteiger partial charge in [0.1, 0.15) is 11.5 Å². The van der Waals surface area contributed by atoms with Gasteiger partial charge in [0.2, 0.25) is 0 Å². The standard InChI is InChI=1S/C42H28N2O2S2/c1-23-17-29(41(45)31(19-23)37-21-27-7-3-5-9-35(27)47-37)33-15-13-25-11-12-26-14-16-34(44-40(26)39(25)43-33)30-18-24(2)20-32(42(30)46)38-22-28-8-4-6-10-36(28)48-38/h3-22,45-46H,1-2H3. The van der Waals surface area contributed by atoms with E-state index in [0.29, 0.717) is 22.5 Å². The number of aromatic nitrogens is 2. The number of benzene rings is 5. The van der Waals surface area contributed by atoms with Crippen molar-refractivity contribution in [3.05, 3.63) is 132 Å². The number of phenols is 2. The summed E-state index contributed by atoms with van der Waals surface area (Å²) >= 11 is 3.35. The Morgan fingerprint density at radius 3 is 1.27 bits per heavy atom. The molecular weight excluding hydrogens is 629 g/mol. The maximum atomic E-state index is 11.7. The molecule has 0 aliphatic rings. The van der Waals surface area contributed by atoms with E-state index >= 15 is 0 Å². The second kappa shape index (κ2) is 11.0. The molecule has 0 amide bonds. The first-order valence-electron chi connectivity index (χ1n) is 15.8. The van der Waals surface area contributed by atoms with Crippen molar-refractivity contribution in [2.45, 2.75) is 13.8 Å². The number of phenolic OH excluding ortho intramolecular Hbond substituents is 2. The Hall–Kier alpha value is -5.56. The van der Waals surface area contributed by atoms with E-state index < -0.39 is 0 Å². The fraction of sp³-hybridized carbons (Fsp3) is 0.0476. The van der Waals surface area contributed by atoms with Crippen molar-refractivity contribution in [2.24, 2.45) is 0 Å². The Morgan fingerprint density at radius 1 is 0.438 bits per heavy atom. The summed E-state index contributed by atoms with van der Waals surface area (Å²) in [4.78, 5) is 12.3. The predicted octanol–water partition coefficient (Wildman–Crippen LogP) is 11.9. The van der Waals surface area contributed by atoms with Crippen LogP contribution in [-0.2, 0) is 0 Å². The largest absolute Gasteiger partial charge is 0.507 e. The third kappa shape index (κ3) is 4.72. The van der Waals surface area contributed by atoms with E-state index in [1.54, 1.807) is 22.7 Å². The summed E-state index contributed by atoms with van der Waals surface area (Å²) in [6.45, 7) is 4.09. The molecule has 6 heteroatoms. The Kier molecular flexibility index (Phi) is 6.57. The zero-order valence-electron chi connectivity index (χ0n) is 26.2. The van der Waals surface area contributed by atoms with E-state index in [4.69, 9.17) is 9.97 Å². The normalized spacial score (nSPS) is 11.7. The van der Waals surface area contributed by atoms with Gasteiger partial charge in [-0.15, -0.1) is 22.7 Å². The van der Waals surface area contributed by atoms with Gasteiger partial charge in [0.15, 0.2) is 0 Å². The lowest BCUT2D eigenvalue weighted by Crippen LogP contribution is -1.93. The van der Waals surface area contributed by atoms with Crippen LogP contribution < -0.4 is 0 Å². The Morgan fingerprint density at radius 2 is 0.833 bits per heavy atom. The van der Waals surface area contributed by atoms with Crippen LogP contribution in [0.5, 0.6) is 11.5 Å². The fourth-order valence-corrected chi connectivity index (χ4v) is 8.78. The first-order chi connectivity index (χ1) is 23.4. The van der Waals surface area contributed by atoms with Crippen LogP contribution in [0.4, 0.5) is 0 Å². The number of aryl methyl sites for hydroxylation is 2. The monoisotopic (exact) mass is 656 g/mol. The van der Waals surface area contributed by atoms with Gasteiger partial charge in [-0.3, -0.25) is 0 Å². The van der Waals surface area contributed by atoms with Gasteiger partial charge in [0.25, 0.3) is 0 Å². The molecule has 48 heavy (non-hydrogen) atoms. The van der Waals surface area contributed by atoms with Gasteiger partial charge in [0.05, 0.1) is 22.4 Å². The molecule has 2 N–H and O–H groups in total. The van der Waals surface area contributed by atoms with Crippen molar-refractivity contribution in [3.8, 4) is 54.9 Å². The lowest BCUT2D eigenvalue weighted by atomic mass is 9.99. The van der Waals surface area contributed by atoms with Gasteiger partial charge < -0.3 is 10.2 Å². The van der Waals surface area contributed by atoms with Gasteiger partial charge in [-0.2, -0.15) is 0 Å². The highest BCUT2D eigenvalue weighted by Crippen LogP contribution is 2.45. The third-order valence-electron chi connectivity index (χ3n) is 8.96. The minimum Gasteiger partial charge on any atom is -0.507 e. The number of pyridine rings is 2. The second-order valence-electron chi connectivity index (χ2n) is 12.3.